The first kappa shape index (κ1) is 21.7. The largest absolute Gasteiger partial charge is 0.379 e. The molecule has 170 valence electrons. The zero-order valence-electron chi connectivity index (χ0n) is 17.9. The Bertz CT molecular complexity index is 1250. The van der Waals surface area contributed by atoms with Gasteiger partial charge in [-0.2, -0.15) is 9.78 Å². The van der Waals surface area contributed by atoms with Crippen LogP contribution in [-0.4, -0.2) is 42.6 Å². The van der Waals surface area contributed by atoms with Crippen LogP contribution in [0.15, 0.2) is 55.4 Å². The predicted octanol–water partition coefficient (Wildman–Crippen LogP) is 2.83. The molecule has 0 saturated heterocycles. The summed E-state index contributed by atoms with van der Waals surface area (Å²) in [5.41, 5.74) is 0.423. The van der Waals surface area contributed by atoms with Gasteiger partial charge in [0.05, 0.1) is 5.69 Å². The molecule has 3 aromatic heterocycles. The van der Waals surface area contributed by atoms with Crippen molar-refractivity contribution in [1.29, 1.82) is 0 Å². The molecule has 2 atom stereocenters. The van der Waals surface area contributed by atoms with Crippen LogP contribution in [0.25, 0.3) is 10.6 Å². The molecule has 4 aromatic rings. The van der Waals surface area contributed by atoms with Crippen LogP contribution in [0.5, 0.6) is 0 Å². The summed E-state index contributed by atoms with van der Waals surface area (Å²) in [5, 5.41) is 15.7. The quantitative estimate of drug-likeness (QED) is 0.425. The highest BCUT2D eigenvalue weighted by molar-refractivity contribution is 7.15. The molecule has 2 N–H and O–H groups in total. The summed E-state index contributed by atoms with van der Waals surface area (Å²) >= 11 is 1.61. The number of halogens is 2. The van der Waals surface area contributed by atoms with Crippen molar-refractivity contribution in [1.82, 2.24) is 25.0 Å². The first-order chi connectivity index (χ1) is 15.9. The number of benzene rings is 1. The van der Waals surface area contributed by atoms with E-state index in [0.717, 1.165) is 33.6 Å². The number of nitrogens with zero attached hydrogens (tertiary/aromatic N) is 5. The van der Waals surface area contributed by atoms with Crippen LogP contribution in [-0.2, 0) is 25.1 Å². The second-order valence-electron chi connectivity index (χ2n) is 8.23. The molecule has 0 saturated carbocycles. The summed E-state index contributed by atoms with van der Waals surface area (Å²) in [4.78, 5) is 16.2. The molecule has 0 amide bonds. The summed E-state index contributed by atoms with van der Waals surface area (Å²) in [7, 11) is 0. The standard InChI is InChI=1S/C23H22F2N6OS/c1-15(23(32,12-31-14-27-13-28-31)18-5-4-17(24)9-19(18)25)30-8-6-20-21(11-30)33-22(29-20)16-3-2-7-26-10-16/h2-5,7,9-10,13-15,32H,6,8,11-12H2,1H3/p+1/t15-,23-/m1/s1. The number of nitrogens with one attached hydrogen (secondary N) is 1. The average Bonchev–Trinajstić information content (AvgIpc) is 3.48. The molecule has 5 rings (SSSR count). The predicted molar refractivity (Wildman–Crippen MR) is 118 cm³/mol. The Hall–Kier alpha value is -3.08. The summed E-state index contributed by atoms with van der Waals surface area (Å²) in [6, 6.07) is 6.68. The van der Waals surface area contributed by atoms with E-state index in [1.54, 1.807) is 28.4 Å². The maximum Gasteiger partial charge on any atom is 0.306 e. The van der Waals surface area contributed by atoms with Crippen LogP contribution in [0.4, 0.5) is 8.78 Å². The fraction of sp³-hybridized carbons (Fsp3) is 0.304. The Labute approximate surface area is 193 Å². The molecule has 0 bridgehead atoms. The van der Waals surface area contributed by atoms with Crippen molar-refractivity contribution in [3.05, 3.63) is 83.1 Å². The lowest BCUT2D eigenvalue weighted by atomic mass is 9.85. The van der Waals surface area contributed by atoms with E-state index in [-0.39, 0.29) is 12.1 Å². The number of aromatic nitrogens is 5. The Morgan fingerprint density at radius 2 is 2.18 bits per heavy atom. The molecule has 1 aliphatic rings. The van der Waals surface area contributed by atoms with E-state index in [1.165, 1.54) is 24.8 Å². The van der Waals surface area contributed by atoms with Gasteiger partial charge in [0.15, 0.2) is 0 Å². The molecular weight excluding hydrogens is 446 g/mol. The third-order valence-electron chi connectivity index (χ3n) is 6.22. The summed E-state index contributed by atoms with van der Waals surface area (Å²) in [6.07, 6.45) is 7.25. The fourth-order valence-corrected chi connectivity index (χ4v) is 5.47. The number of H-pyrrole nitrogens is 1. The SMILES string of the molecule is C[C@@H](N1CCc2nc(-c3cccnc3)sc2C1)[C@](O)(C[n+]1cnc[nH]1)c1ccc(F)cc1F. The van der Waals surface area contributed by atoms with Crippen LogP contribution in [0.2, 0.25) is 0 Å². The van der Waals surface area contributed by atoms with E-state index in [2.05, 4.69) is 20.0 Å². The van der Waals surface area contributed by atoms with Crippen LogP contribution < -0.4 is 4.68 Å². The van der Waals surface area contributed by atoms with E-state index >= 15 is 0 Å². The number of thiazole rings is 1. The number of hydrogen-bond acceptors (Lipinski definition) is 6. The maximum absolute atomic E-state index is 14.9. The van der Waals surface area contributed by atoms with E-state index in [4.69, 9.17) is 4.98 Å². The van der Waals surface area contributed by atoms with Gasteiger partial charge in [-0.3, -0.25) is 9.88 Å². The van der Waals surface area contributed by atoms with Crippen LogP contribution >= 0.6 is 11.3 Å². The molecular formula is C23H23F2N6OS+. The Morgan fingerprint density at radius 1 is 1.30 bits per heavy atom. The highest BCUT2D eigenvalue weighted by atomic mass is 32.1. The lowest BCUT2D eigenvalue weighted by molar-refractivity contribution is -0.765. The van der Waals surface area contributed by atoms with Gasteiger partial charge < -0.3 is 5.11 Å². The number of hydrogen-bond donors (Lipinski definition) is 2. The van der Waals surface area contributed by atoms with Crippen molar-refractivity contribution in [3.8, 4) is 10.6 Å². The Balaban J connectivity index is 1.46. The fourth-order valence-electron chi connectivity index (χ4n) is 4.34. The number of pyridine rings is 1. The Kier molecular flexibility index (Phi) is 5.73. The third-order valence-corrected chi connectivity index (χ3v) is 7.35. The van der Waals surface area contributed by atoms with Gasteiger partial charge >= 0.3 is 6.33 Å². The van der Waals surface area contributed by atoms with Gasteiger partial charge in [0.25, 0.3) is 0 Å². The molecule has 4 heterocycles. The number of aliphatic hydroxyl groups is 1. The van der Waals surface area contributed by atoms with Gasteiger partial charge in [-0.25, -0.2) is 13.8 Å². The lowest BCUT2D eigenvalue weighted by Gasteiger charge is -2.41. The summed E-state index contributed by atoms with van der Waals surface area (Å²) in [6.45, 7) is 3.13. The van der Waals surface area contributed by atoms with E-state index in [0.29, 0.717) is 13.1 Å². The van der Waals surface area contributed by atoms with Gasteiger partial charge in [0.1, 0.15) is 28.8 Å². The van der Waals surface area contributed by atoms with E-state index in [9.17, 15) is 13.9 Å². The minimum absolute atomic E-state index is 0.0314. The van der Waals surface area contributed by atoms with Gasteiger partial charge in [0.2, 0.25) is 6.33 Å². The smallest absolute Gasteiger partial charge is 0.306 e. The van der Waals surface area contributed by atoms with Gasteiger partial charge in [-0.05, 0) is 30.1 Å². The first-order valence-corrected chi connectivity index (χ1v) is 11.4. The minimum atomic E-state index is -1.64. The second-order valence-corrected chi connectivity index (χ2v) is 9.31. The van der Waals surface area contributed by atoms with Crippen LogP contribution in [0.1, 0.15) is 23.1 Å². The molecule has 0 aliphatic carbocycles. The van der Waals surface area contributed by atoms with Gasteiger partial charge in [-0.1, -0.05) is 6.07 Å². The average molecular weight is 470 g/mol. The van der Waals surface area contributed by atoms with E-state index < -0.39 is 23.3 Å². The monoisotopic (exact) mass is 469 g/mol. The zero-order valence-corrected chi connectivity index (χ0v) is 18.8. The van der Waals surface area contributed by atoms with Crippen molar-refractivity contribution in [2.24, 2.45) is 0 Å². The number of rotatable bonds is 6. The number of aromatic amines is 1. The third kappa shape index (κ3) is 4.17. The maximum atomic E-state index is 14.9. The van der Waals surface area contributed by atoms with Crippen molar-refractivity contribution < 1.29 is 18.6 Å². The molecule has 0 spiro atoms. The Morgan fingerprint density at radius 3 is 2.91 bits per heavy atom. The van der Waals surface area contributed by atoms with Crippen LogP contribution in [0.3, 0.4) is 0 Å². The van der Waals surface area contributed by atoms with Gasteiger partial charge in [0, 0.05) is 60.0 Å². The normalized spacial score (nSPS) is 16.8. The summed E-state index contributed by atoms with van der Waals surface area (Å²) < 4.78 is 30.1. The number of fused-ring (bicyclic) bond motifs is 1. The van der Waals surface area contributed by atoms with Crippen molar-refractivity contribution >= 4 is 11.3 Å². The lowest BCUT2D eigenvalue weighted by Crippen LogP contribution is -2.58. The zero-order chi connectivity index (χ0) is 23.0. The minimum Gasteiger partial charge on any atom is -0.379 e. The molecule has 33 heavy (non-hydrogen) atoms. The molecule has 10 heteroatoms. The van der Waals surface area contributed by atoms with Crippen LogP contribution in [0, 0.1) is 11.6 Å². The molecule has 0 fully saturated rings. The molecule has 7 nitrogen and oxygen atoms in total. The molecule has 0 radical (unpaired) electrons. The molecule has 0 unspecified atom stereocenters. The van der Waals surface area contributed by atoms with Crippen molar-refractivity contribution in [2.45, 2.75) is 38.1 Å². The van der Waals surface area contributed by atoms with Gasteiger partial charge in [-0.15, -0.1) is 11.3 Å². The van der Waals surface area contributed by atoms with E-state index in [1.807, 2.05) is 19.1 Å². The molecule has 1 aromatic carbocycles. The first-order valence-electron chi connectivity index (χ1n) is 10.6. The van der Waals surface area contributed by atoms with Crippen molar-refractivity contribution in [3.63, 3.8) is 0 Å². The van der Waals surface area contributed by atoms with Crippen molar-refractivity contribution in [2.75, 3.05) is 6.54 Å². The summed E-state index contributed by atoms with van der Waals surface area (Å²) in [5.74, 6) is -1.46. The second kappa shape index (κ2) is 8.69. The highest BCUT2D eigenvalue weighted by Crippen LogP contribution is 2.36. The molecule has 1 aliphatic heterocycles. The highest BCUT2D eigenvalue weighted by Gasteiger charge is 2.44. The topological polar surface area (TPSA) is 81.8 Å².